The number of thioether (sulfide) groups is 1. The molecule has 1 aromatic rings. The highest BCUT2D eigenvalue weighted by molar-refractivity contribution is 8.00. The van der Waals surface area contributed by atoms with Crippen LogP contribution < -0.4 is 5.32 Å². The Morgan fingerprint density at radius 1 is 1.62 bits per heavy atom. The smallest absolute Gasteiger partial charge is 0.170 e. The van der Waals surface area contributed by atoms with Crippen LogP contribution in [0.15, 0.2) is 4.34 Å². The highest BCUT2D eigenvalue weighted by Gasteiger charge is 2.16. The monoisotopic (exact) mass is 215 g/mol. The molecule has 0 amide bonds. The molecule has 1 saturated heterocycles. The van der Waals surface area contributed by atoms with E-state index in [2.05, 4.69) is 14.7 Å². The number of hydrogen-bond donors (Lipinski definition) is 1. The van der Waals surface area contributed by atoms with Crippen molar-refractivity contribution in [3.8, 4) is 0 Å². The number of hydrogen-bond acceptors (Lipinski definition) is 5. The first-order valence-electron chi connectivity index (χ1n) is 4.48. The van der Waals surface area contributed by atoms with Gasteiger partial charge in [0.05, 0.1) is 0 Å². The van der Waals surface area contributed by atoms with Gasteiger partial charge in [0.2, 0.25) is 0 Å². The summed E-state index contributed by atoms with van der Waals surface area (Å²) in [5, 5.41) is 3.28. The van der Waals surface area contributed by atoms with Gasteiger partial charge < -0.3 is 5.32 Å². The van der Waals surface area contributed by atoms with E-state index in [9.17, 15) is 0 Å². The standard InChI is InChI=1S/C8H13N3S2/c1-6-10-8(13-11-6)12-3-2-7-4-9-5-7/h7,9H,2-5H2,1H3. The largest absolute Gasteiger partial charge is 0.316 e. The van der Waals surface area contributed by atoms with Crippen LogP contribution in [-0.4, -0.2) is 28.2 Å². The maximum Gasteiger partial charge on any atom is 0.170 e. The molecule has 0 spiro atoms. The lowest BCUT2D eigenvalue weighted by atomic mass is 10.0. The average Bonchev–Trinajstić information content (AvgIpc) is 2.42. The van der Waals surface area contributed by atoms with Crippen molar-refractivity contribution in [1.29, 1.82) is 0 Å². The molecule has 0 atom stereocenters. The van der Waals surface area contributed by atoms with Crippen molar-refractivity contribution in [3.05, 3.63) is 5.82 Å². The molecule has 0 radical (unpaired) electrons. The number of aryl methyl sites for hydroxylation is 1. The van der Waals surface area contributed by atoms with Crippen molar-refractivity contribution in [2.45, 2.75) is 17.7 Å². The summed E-state index contributed by atoms with van der Waals surface area (Å²) in [6.07, 6.45) is 1.30. The predicted molar refractivity (Wildman–Crippen MR) is 56.3 cm³/mol. The van der Waals surface area contributed by atoms with Crippen LogP contribution >= 0.6 is 23.3 Å². The fourth-order valence-corrected chi connectivity index (χ4v) is 3.02. The Kier molecular flexibility index (Phi) is 3.18. The van der Waals surface area contributed by atoms with Crippen molar-refractivity contribution in [3.63, 3.8) is 0 Å². The quantitative estimate of drug-likeness (QED) is 0.773. The summed E-state index contributed by atoms with van der Waals surface area (Å²) in [7, 11) is 0. The summed E-state index contributed by atoms with van der Waals surface area (Å²) >= 11 is 3.35. The summed E-state index contributed by atoms with van der Waals surface area (Å²) in [6, 6.07) is 0. The van der Waals surface area contributed by atoms with Crippen molar-refractivity contribution >= 4 is 23.3 Å². The first-order chi connectivity index (χ1) is 6.34. The van der Waals surface area contributed by atoms with E-state index in [-0.39, 0.29) is 0 Å². The van der Waals surface area contributed by atoms with Gasteiger partial charge in [-0.2, -0.15) is 4.37 Å². The lowest BCUT2D eigenvalue weighted by molar-refractivity contribution is 0.341. The lowest BCUT2D eigenvalue weighted by Gasteiger charge is -2.26. The van der Waals surface area contributed by atoms with E-state index >= 15 is 0 Å². The van der Waals surface area contributed by atoms with Crippen LogP contribution in [0.4, 0.5) is 0 Å². The fraction of sp³-hybridized carbons (Fsp3) is 0.750. The van der Waals surface area contributed by atoms with Crippen molar-refractivity contribution in [1.82, 2.24) is 14.7 Å². The fourth-order valence-electron chi connectivity index (χ4n) is 1.20. The van der Waals surface area contributed by atoms with Crippen molar-refractivity contribution in [2.75, 3.05) is 18.8 Å². The van der Waals surface area contributed by atoms with Gasteiger partial charge in [-0.3, -0.25) is 0 Å². The third-order valence-electron chi connectivity index (χ3n) is 2.13. The second kappa shape index (κ2) is 4.39. The van der Waals surface area contributed by atoms with Crippen LogP contribution in [-0.2, 0) is 0 Å². The number of rotatable bonds is 4. The Hall–Kier alpha value is -0.130. The van der Waals surface area contributed by atoms with Gasteiger partial charge in [-0.1, -0.05) is 11.8 Å². The molecule has 13 heavy (non-hydrogen) atoms. The third-order valence-corrected chi connectivity index (χ3v) is 4.08. The maximum atomic E-state index is 4.31. The number of nitrogens with one attached hydrogen (secondary N) is 1. The Labute approximate surface area is 86.5 Å². The maximum absolute atomic E-state index is 4.31. The summed E-state index contributed by atoms with van der Waals surface area (Å²) in [6.45, 7) is 4.35. The topological polar surface area (TPSA) is 37.8 Å². The van der Waals surface area contributed by atoms with E-state index in [4.69, 9.17) is 0 Å². The zero-order valence-corrected chi connectivity index (χ0v) is 9.25. The van der Waals surface area contributed by atoms with Crippen LogP contribution in [0, 0.1) is 12.8 Å². The molecule has 1 aliphatic rings. The highest BCUT2D eigenvalue weighted by atomic mass is 32.2. The van der Waals surface area contributed by atoms with Crippen LogP contribution in [0.2, 0.25) is 0 Å². The highest BCUT2D eigenvalue weighted by Crippen LogP contribution is 2.22. The minimum Gasteiger partial charge on any atom is -0.316 e. The minimum atomic E-state index is 0.901. The zero-order chi connectivity index (χ0) is 9.10. The van der Waals surface area contributed by atoms with Crippen LogP contribution in [0.3, 0.4) is 0 Å². The van der Waals surface area contributed by atoms with Crippen LogP contribution in [0.25, 0.3) is 0 Å². The van der Waals surface area contributed by atoms with Gasteiger partial charge in [-0.05, 0) is 43.9 Å². The molecule has 5 heteroatoms. The van der Waals surface area contributed by atoms with Gasteiger partial charge in [0.15, 0.2) is 4.34 Å². The summed E-state index contributed by atoms with van der Waals surface area (Å²) in [4.78, 5) is 4.31. The van der Waals surface area contributed by atoms with E-state index in [1.54, 1.807) is 0 Å². The Bertz CT molecular complexity index is 270. The van der Waals surface area contributed by atoms with Gasteiger partial charge >= 0.3 is 0 Å². The molecule has 0 bridgehead atoms. The molecule has 0 aliphatic carbocycles. The molecule has 0 aromatic carbocycles. The molecule has 1 aromatic heterocycles. The van der Waals surface area contributed by atoms with Crippen molar-refractivity contribution < 1.29 is 0 Å². The number of nitrogens with zero attached hydrogens (tertiary/aromatic N) is 2. The van der Waals surface area contributed by atoms with Crippen molar-refractivity contribution in [2.24, 2.45) is 5.92 Å². The molecule has 3 nitrogen and oxygen atoms in total. The Morgan fingerprint density at radius 3 is 3.00 bits per heavy atom. The van der Waals surface area contributed by atoms with E-state index in [0.29, 0.717) is 0 Å². The minimum absolute atomic E-state index is 0.901. The summed E-state index contributed by atoms with van der Waals surface area (Å²) < 4.78 is 5.26. The SMILES string of the molecule is Cc1nsc(SCCC2CNC2)n1. The molecular formula is C8H13N3S2. The van der Waals surface area contributed by atoms with Gasteiger partial charge in [0.25, 0.3) is 0 Å². The normalized spacial score (nSPS) is 17.3. The molecule has 0 saturated carbocycles. The van der Waals surface area contributed by atoms with Crippen LogP contribution in [0.1, 0.15) is 12.2 Å². The van der Waals surface area contributed by atoms with Gasteiger partial charge in [0.1, 0.15) is 5.82 Å². The molecule has 1 N–H and O–H groups in total. The Balaban J connectivity index is 1.67. The average molecular weight is 215 g/mol. The van der Waals surface area contributed by atoms with E-state index in [1.165, 1.54) is 36.8 Å². The Morgan fingerprint density at radius 2 is 2.46 bits per heavy atom. The van der Waals surface area contributed by atoms with Gasteiger partial charge in [-0.25, -0.2) is 4.98 Å². The molecule has 1 fully saturated rings. The molecule has 2 heterocycles. The number of aromatic nitrogens is 2. The molecule has 2 rings (SSSR count). The molecule has 72 valence electrons. The second-order valence-corrected chi connectivity index (χ2v) is 5.36. The van der Waals surface area contributed by atoms with Gasteiger partial charge in [-0.15, -0.1) is 0 Å². The summed E-state index contributed by atoms with van der Waals surface area (Å²) in [5.74, 6) is 2.99. The second-order valence-electron chi connectivity index (χ2n) is 3.27. The molecular weight excluding hydrogens is 202 g/mol. The lowest BCUT2D eigenvalue weighted by Crippen LogP contribution is -2.42. The molecule has 1 aliphatic heterocycles. The zero-order valence-electron chi connectivity index (χ0n) is 7.62. The van der Waals surface area contributed by atoms with E-state index < -0.39 is 0 Å². The summed E-state index contributed by atoms with van der Waals surface area (Å²) in [5.41, 5.74) is 0. The van der Waals surface area contributed by atoms with Gasteiger partial charge in [0, 0.05) is 5.75 Å². The van der Waals surface area contributed by atoms with Crippen LogP contribution in [0.5, 0.6) is 0 Å². The first kappa shape index (κ1) is 9.43. The first-order valence-corrected chi connectivity index (χ1v) is 6.24. The van der Waals surface area contributed by atoms with E-state index in [0.717, 1.165) is 16.1 Å². The third kappa shape index (κ3) is 2.65. The molecule has 0 unspecified atom stereocenters. The van der Waals surface area contributed by atoms with E-state index in [1.807, 2.05) is 18.7 Å². The predicted octanol–water partition coefficient (Wildman–Crippen LogP) is 1.55.